The standard InChI is InChI=1S/C22H25N3O4/c1-28-18-5-2-16(3-6-18)14-25-21-12-17(13-22(26)27)4-7-19(21)20(23-25)15-24-8-10-29-11-9-24/h2-7,12H,8-11,13-15H2,1H3,(H,26,27). The molecule has 1 aliphatic heterocycles. The van der Waals surface area contributed by atoms with Crippen LogP contribution in [-0.4, -0.2) is 59.2 Å². The third-order valence-corrected chi connectivity index (χ3v) is 5.22. The van der Waals surface area contributed by atoms with Gasteiger partial charge in [0.2, 0.25) is 0 Å². The molecule has 1 fully saturated rings. The monoisotopic (exact) mass is 395 g/mol. The van der Waals surface area contributed by atoms with Gasteiger partial charge < -0.3 is 14.6 Å². The molecule has 1 N–H and O–H groups in total. The Kier molecular flexibility index (Phi) is 5.78. The minimum atomic E-state index is -0.834. The number of fused-ring (bicyclic) bond motifs is 1. The van der Waals surface area contributed by atoms with Crippen molar-refractivity contribution in [2.45, 2.75) is 19.5 Å². The normalized spacial score (nSPS) is 14.9. The smallest absolute Gasteiger partial charge is 0.307 e. The Morgan fingerprint density at radius 1 is 1.10 bits per heavy atom. The Bertz CT molecular complexity index is 991. The van der Waals surface area contributed by atoms with E-state index < -0.39 is 5.97 Å². The summed E-state index contributed by atoms with van der Waals surface area (Å²) < 4.78 is 12.7. The van der Waals surface area contributed by atoms with E-state index in [0.717, 1.165) is 66.3 Å². The Morgan fingerprint density at radius 3 is 2.52 bits per heavy atom. The van der Waals surface area contributed by atoms with Gasteiger partial charge in [-0.2, -0.15) is 5.10 Å². The average Bonchev–Trinajstić information content (AvgIpc) is 3.05. The lowest BCUT2D eigenvalue weighted by Gasteiger charge is -2.25. The minimum Gasteiger partial charge on any atom is -0.497 e. The highest BCUT2D eigenvalue weighted by Gasteiger charge is 2.17. The average molecular weight is 395 g/mol. The number of benzene rings is 2. The highest BCUT2D eigenvalue weighted by atomic mass is 16.5. The van der Waals surface area contributed by atoms with Crippen LogP contribution >= 0.6 is 0 Å². The second-order valence-electron chi connectivity index (χ2n) is 7.26. The SMILES string of the molecule is COc1ccc(Cn2nc(CN3CCOCC3)c3ccc(CC(=O)O)cc32)cc1. The van der Waals surface area contributed by atoms with Crippen LogP contribution in [0, 0.1) is 0 Å². The number of aromatic nitrogens is 2. The lowest BCUT2D eigenvalue weighted by Crippen LogP contribution is -2.35. The fourth-order valence-electron chi connectivity index (χ4n) is 3.69. The van der Waals surface area contributed by atoms with Crippen LogP contribution in [0.4, 0.5) is 0 Å². The van der Waals surface area contributed by atoms with Gasteiger partial charge >= 0.3 is 5.97 Å². The molecule has 0 radical (unpaired) electrons. The number of rotatable bonds is 7. The van der Waals surface area contributed by atoms with Crippen molar-refractivity contribution in [1.29, 1.82) is 0 Å². The maximum atomic E-state index is 11.2. The van der Waals surface area contributed by atoms with Gasteiger partial charge in [-0.3, -0.25) is 14.4 Å². The first-order chi connectivity index (χ1) is 14.1. The van der Waals surface area contributed by atoms with Crippen molar-refractivity contribution in [3.8, 4) is 5.75 Å². The second kappa shape index (κ2) is 8.63. The van der Waals surface area contributed by atoms with Gasteiger partial charge in [-0.1, -0.05) is 24.3 Å². The first-order valence-corrected chi connectivity index (χ1v) is 9.75. The first-order valence-electron chi connectivity index (χ1n) is 9.75. The quantitative estimate of drug-likeness (QED) is 0.663. The summed E-state index contributed by atoms with van der Waals surface area (Å²) in [4.78, 5) is 13.5. The molecule has 3 aromatic rings. The van der Waals surface area contributed by atoms with Gasteiger partial charge in [-0.25, -0.2) is 0 Å². The lowest BCUT2D eigenvalue weighted by molar-refractivity contribution is -0.136. The van der Waals surface area contributed by atoms with Crippen molar-refractivity contribution in [2.24, 2.45) is 0 Å². The van der Waals surface area contributed by atoms with E-state index in [0.29, 0.717) is 6.54 Å². The number of methoxy groups -OCH3 is 1. The maximum Gasteiger partial charge on any atom is 0.307 e. The lowest BCUT2D eigenvalue weighted by atomic mass is 10.1. The van der Waals surface area contributed by atoms with E-state index in [1.165, 1.54) is 0 Å². The number of hydrogen-bond acceptors (Lipinski definition) is 5. The van der Waals surface area contributed by atoms with Gasteiger partial charge in [0.25, 0.3) is 0 Å². The van der Waals surface area contributed by atoms with Gasteiger partial charge in [0.1, 0.15) is 5.75 Å². The van der Waals surface area contributed by atoms with Crippen molar-refractivity contribution >= 4 is 16.9 Å². The molecule has 0 amide bonds. The van der Waals surface area contributed by atoms with Crippen LogP contribution < -0.4 is 4.74 Å². The molecule has 1 saturated heterocycles. The predicted octanol–water partition coefficient (Wildman–Crippen LogP) is 2.55. The molecule has 152 valence electrons. The largest absolute Gasteiger partial charge is 0.497 e. The van der Waals surface area contributed by atoms with Gasteiger partial charge in [0.05, 0.1) is 44.5 Å². The van der Waals surface area contributed by atoms with Gasteiger partial charge in [0, 0.05) is 25.0 Å². The summed E-state index contributed by atoms with van der Waals surface area (Å²) in [5.41, 5.74) is 3.86. The van der Waals surface area contributed by atoms with Gasteiger partial charge in [0.15, 0.2) is 0 Å². The summed E-state index contributed by atoms with van der Waals surface area (Å²) in [5.74, 6) is -0.0186. The molecule has 0 bridgehead atoms. The molecule has 0 saturated carbocycles. The molecule has 4 rings (SSSR count). The number of nitrogens with zero attached hydrogens (tertiary/aromatic N) is 3. The number of carbonyl (C=O) groups is 1. The van der Waals surface area contributed by atoms with E-state index in [-0.39, 0.29) is 6.42 Å². The molecule has 1 aromatic heterocycles. The third-order valence-electron chi connectivity index (χ3n) is 5.22. The molecule has 1 aliphatic rings. The zero-order chi connectivity index (χ0) is 20.2. The van der Waals surface area contributed by atoms with Gasteiger partial charge in [-0.15, -0.1) is 0 Å². The number of carboxylic acid groups (broad SMARTS) is 1. The Hall–Kier alpha value is -2.90. The van der Waals surface area contributed by atoms with Crippen molar-refractivity contribution < 1.29 is 19.4 Å². The highest BCUT2D eigenvalue weighted by molar-refractivity contribution is 5.84. The zero-order valence-electron chi connectivity index (χ0n) is 16.5. The summed E-state index contributed by atoms with van der Waals surface area (Å²) in [6, 6.07) is 13.8. The topological polar surface area (TPSA) is 76.8 Å². The van der Waals surface area contributed by atoms with Crippen molar-refractivity contribution in [3.63, 3.8) is 0 Å². The molecule has 29 heavy (non-hydrogen) atoms. The molecular weight excluding hydrogens is 370 g/mol. The molecular formula is C22H25N3O4. The van der Waals surface area contributed by atoms with Crippen LogP contribution in [0.25, 0.3) is 10.9 Å². The van der Waals surface area contributed by atoms with E-state index >= 15 is 0 Å². The molecule has 0 spiro atoms. The van der Waals surface area contributed by atoms with Crippen LogP contribution in [0.2, 0.25) is 0 Å². The summed E-state index contributed by atoms with van der Waals surface area (Å²) in [6.07, 6.45) is 0.00243. The van der Waals surface area contributed by atoms with E-state index in [2.05, 4.69) is 4.90 Å². The number of aliphatic carboxylic acids is 1. The molecule has 0 atom stereocenters. The van der Waals surface area contributed by atoms with Crippen molar-refractivity contribution in [1.82, 2.24) is 14.7 Å². The Morgan fingerprint density at radius 2 is 1.83 bits per heavy atom. The molecule has 2 aromatic carbocycles. The fraction of sp³-hybridized carbons (Fsp3) is 0.364. The van der Waals surface area contributed by atoms with Crippen LogP contribution in [0.3, 0.4) is 0 Å². The highest BCUT2D eigenvalue weighted by Crippen LogP contribution is 2.24. The minimum absolute atomic E-state index is 0.00243. The van der Waals surface area contributed by atoms with E-state index in [4.69, 9.17) is 19.7 Å². The summed E-state index contributed by atoms with van der Waals surface area (Å²) in [7, 11) is 1.65. The van der Waals surface area contributed by atoms with Crippen LogP contribution in [0.15, 0.2) is 42.5 Å². The van der Waals surface area contributed by atoms with Gasteiger partial charge in [-0.05, 0) is 29.3 Å². The Labute approximate surface area is 169 Å². The first kappa shape index (κ1) is 19.4. The van der Waals surface area contributed by atoms with E-state index in [9.17, 15) is 4.79 Å². The van der Waals surface area contributed by atoms with Crippen molar-refractivity contribution in [2.75, 3.05) is 33.4 Å². The van der Waals surface area contributed by atoms with Crippen LogP contribution in [0.5, 0.6) is 5.75 Å². The third kappa shape index (κ3) is 4.58. The predicted molar refractivity (Wildman–Crippen MR) is 109 cm³/mol. The molecule has 7 nitrogen and oxygen atoms in total. The Balaban J connectivity index is 1.68. The summed E-state index contributed by atoms with van der Waals surface area (Å²) >= 11 is 0. The summed E-state index contributed by atoms with van der Waals surface area (Å²) in [6.45, 7) is 4.64. The molecule has 7 heteroatoms. The fourth-order valence-corrected chi connectivity index (χ4v) is 3.69. The van der Waals surface area contributed by atoms with E-state index in [1.54, 1.807) is 7.11 Å². The molecule has 0 aliphatic carbocycles. The number of morpholine rings is 1. The van der Waals surface area contributed by atoms with E-state index in [1.807, 2.05) is 47.1 Å². The number of ether oxygens (including phenoxy) is 2. The van der Waals surface area contributed by atoms with Crippen LogP contribution in [-0.2, 0) is 29.0 Å². The number of hydrogen-bond donors (Lipinski definition) is 1. The number of carboxylic acids is 1. The maximum absolute atomic E-state index is 11.2. The molecule has 2 heterocycles. The zero-order valence-corrected chi connectivity index (χ0v) is 16.5. The van der Waals surface area contributed by atoms with Crippen LogP contribution in [0.1, 0.15) is 16.8 Å². The van der Waals surface area contributed by atoms with Crippen molar-refractivity contribution in [3.05, 3.63) is 59.3 Å². The molecule has 0 unspecified atom stereocenters. The second-order valence-corrected chi connectivity index (χ2v) is 7.26. The summed E-state index contributed by atoms with van der Waals surface area (Å²) in [5, 5.41) is 15.1.